The molecular formula is C20H20N6. The first-order chi connectivity index (χ1) is 12.8. The number of rotatable bonds is 4. The van der Waals surface area contributed by atoms with Crippen LogP contribution in [0.2, 0.25) is 0 Å². The van der Waals surface area contributed by atoms with Gasteiger partial charge in [0.2, 0.25) is 0 Å². The Hall–Kier alpha value is -3.20. The largest absolute Gasteiger partial charge is 0.355 e. The van der Waals surface area contributed by atoms with E-state index in [-0.39, 0.29) is 0 Å². The van der Waals surface area contributed by atoms with E-state index in [0.29, 0.717) is 11.5 Å². The molecule has 1 fully saturated rings. The third kappa shape index (κ3) is 3.29. The number of anilines is 1. The first-order valence-corrected chi connectivity index (χ1v) is 8.85. The van der Waals surface area contributed by atoms with E-state index < -0.39 is 0 Å². The molecule has 0 N–H and O–H groups in total. The zero-order valence-electron chi connectivity index (χ0n) is 14.5. The van der Waals surface area contributed by atoms with Crippen molar-refractivity contribution in [2.45, 2.75) is 25.3 Å². The molecule has 0 amide bonds. The number of nitriles is 1. The minimum atomic E-state index is 0.423. The molecule has 3 aromatic heterocycles. The van der Waals surface area contributed by atoms with Gasteiger partial charge in [-0.1, -0.05) is 6.07 Å². The van der Waals surface area contributed by atoms with E-state index >= 15 is 0 Å². The third-order valence-electron chi connectivity index (χ3n) is 4.89. The fraction of sp³-hybridized carbons (Fsp3) is 0.300. The number of nitrogens with zero attached hydrogens (tertiary/aromatic N) is 6. The summed E-state index contributed by atoms with van der Waals surface area (Å²) in [5, 5.41) is 9.29. The summed E-state index contributed by atoms with van der Waals surface area (Å²) in [5.41, 5.74) is 1.82. The average molecular weight is 344 g/mol. The summed E-state index contributed by atoms with van der Waals surface area (Å²) in [4.78, 5) is 15.4. The smallest absolute Gasteiger partial charge is 0.146 e. The molecule has 6 heteroatoms. The van der Waals surface area contributed by atoms with Crippen LogP contribution in [0.3, 0.4) is 0 Å². The van der Waals surface area contributed by atoms with Crippen molar-refractivity contribution in [3.8, 4) is 6.07 Å². The number of aromatic nitrogens is 4. The quantitative estimate of drug-likeness (QED) is 0.728. The molecule has 0 bridgehead atoms. The van der Waals surface area contributed by atoms with Gasteiger partial charge in [0, 0.05) is 50.0 Å². The van der Waals surface area contributed by atoms with Crippen LogP contribution in [0.25, 0.3) is 0 Å². The lowest BCUT2D eigenvalue weighted by Crippen LogP contribution is -2.34. The minimum Gasteiger partial charge on any atom is -0.355 e. The highest BCUT2D eigenvalue weighted by Crippen LogP contribution is 2.30. The van der Waals surface area contributed by atoms with E-state index in [1.165, 1.54) is 5.56 Å². The SMILES string of the molecule is N#Cc1cccnc1N1CCC(c2nccn2Cc2cccnc2)CC1. The number of hydrogen-bond acceptors (Lipinski definition) is 5. The standard InChI is InChI=1S/C20H20N6/c21-13-18-4-2-8-23-20(18)25-10-5-17(6-11-25)19-24-9-12-26(19)15-16-3-1-7-22-14-16/h1-4,7-9,12,14,17H,5-6,10-11,15H2. The predicted molar refractivity (Wildman–Crippen MR) is 98.7 cm³/mol. The van der Waals surface area contributed by atoms with Gasteiger partial charge < -0.3 is 9.47 Å². The van der Waals surface area contributed by atoms with Crippen LogP contribution in [0.15, 0.2) is 55.2 Å². The summed E-state index contributed by atoms with van der Waals surface area (Å²) in [6.45, 7) is 2.56. The lowest BCUT2D eigenvalue weighted by atomic mass is 9.95. The Balaban J connectivity index is 1.46. The van der Waals surface area contributed by atoms with Gasteiger partial charge >= 0.3 is 0 Å². The Morgan fingerprint density at radius 2 is 1.92 bits per heavy atom. The van der Waals surface area contributed by atoms with Crippen molar-refractivity contribution >= 4 is 5.82 Å². The molecular weight excluding hydrogens is 324 g/mol. The maximum absolute atomic E-state index is 9.29. The van der Waals surface area contributed by atoms with Gasteiger partial charge in [0.15, 0.2) is 0 Å². The molecule has 1 saturated heterocycles. The van der Waals surface area contributed by atoms with Crippen molar-refractivity contribution < 1.29 is 0 Å². The van der Waals surface area contributed by atoms with E-state index in [2.05, 4.69) is 36.6 Å². The monoisotopic (exact) mass is 344 g/mol. The molecule has 0 atom stereocenters. The Morgan fingerprint density at radius 1 is 1.08 bits per heavy atom. The highest BCUT2D eigenvalue weighted by Gasteiger charge is 2.25. The van der Waals surface area contributed by atoms with Crippen molar-refractivity contribution in [3.05, 3.63) is 72.2 Å². The molecule has 0 radical (unpaired) electrons. The van der Waals surface area contributed by atoms with Crippen LogP contribution in [0, 0.1) is 11.3 Å². The van der Waals surface area contributed by atoms with Crippen molar-refractivity contribution in [2.24, 2.45) is 0 Å². The molecule has 4 heterocycles. The number of pyridine rings is 2. The summed E-state index contributed by atoms with van der Waals surface area (Å²) in [6, 6.07) is 9.93. The van der Waals surface area contributed by atoms with E-state index in [9.17, 15) is 5.26 Å². The molecule has 1 aliphatic heterocycles. The molecule has 0 spiro atoms. The molecule has 0 saturated carbocycles. The van der Waals surface area contributed by atoms with Crippen LogP contribution in [-0.2, 0) is 6.54 Å². The second-order valence-corrected chi connectivity index (χ2v) is 6.52. The topological polar surface area (TPSA) is 70.6 Å². The molecule has 130 valence electrons. The highest BCUT2D eigenvalue weighted by atomic mass is 15.2. The fourth-order valence-corrected chi connectivity index (χ4v) is 3.59. The van der Waals surface area contributed by atoms with E-state index in [1.54, 1.807) is 12.4 Å². The van der Waals surface area contributed by atoms with Gasteiger partial charge in [-0.2, -0.15) is 5.26 Å². The van der Waals surface area contributed by atoms with Crippen molar-refractivity contribution in [3.63, 3.8) is 0 Å². The summed E-state index contributed by atoms with van der Waals surface area (Å²) in [5.74, 6) is 2.36. The van der Waals surface area contributed by atoms with Crippen molar-refractivity contribution in [1.82, 2.24) is 19.5 Å². The Morgan fingerprint density at radius 3 is 2.69 bits per heavy atom. The van der Waals surface area contributed by atoms with Crippen LogP contribution in [0.1, 0.15) is 35.7 Å². The molecule has 1 aliphatic rings. The van der Waals surface area contributed by atoms with Gasteiger partial charge in [-0.3, -0.25) is 4.98 Å². The number of imidazole rings is 1. The molecule has 4 rings (SSSR count). The third-order valence-corrected chi connectivity index (χ3v) is 4.89. The lowest BCUT2D eigenvalue weighted by molar-refractivity contribution is 0.468. The van der Waals surface area contributed by atoms with Crippen molar-refractivity contribution in [2.75, 3.05) is 18.0 Å². The van der Waals surface area contributed by atoms with Gasteiger partial charge in [0.25, 0.3) is 0 Å². The zero-order valence-corrected chi connectivity index (χ0v) is 14.5. The molecule has 0 aromatic carbocycles. The van der Waals surface area contributed by atoms with E-state index in [0.717, 1.165) is 44.1 Å². The normalized spacial score (nSPS) is 15.0. The van der Waals surface area contributed by atoms with Gasteiger partial charge in [0.05, 0.1) is 12.1 Å². The zero-order chi connectivity index (χ0) is 17.8. The highest BCUT2D eigenvalue weighted by molar-refractivity contribution is 5.53. The maximum Gasteiger partial charge on any atom is 0.146 e. The minimum absolute atomic E-state index is 0.423. The predicted octanol–water partition coefficient (Wildman–Crippen LogP) is 2.98. The molecule has 0 aliphatic carbocycles. The Labute approximate surface area is 152 Å². The Kier molecular flexibility index (Phi) is 4.61. The van der Waals surface area contributed by atoms with Crippen LogP contribution in [0.4, 0.5) is 5.82 Å². The summed E-state index contributed by atoms with van der Waals surface area (Å²) >= 11 is 0. The fourth-order valence-electron chi connectivity index (χ4n) is 3.59. The first kappa shape index (κ1) is 16.3. The number of piperidine rings is 1. The van der Waals surface area contributed by atoms with E-state index in [4.69, 9.17) is 0 Å². The van der Waals surface area contributed by atoms with E-state index in [1.807, 2.05) is 36.8 Å². The van der Waals surface area contributed by atoms with Gasteiger partial charge in [-0.15, -0.1) is 0 Å². The average Bonchev–Trinajstić information content (AvgIpc) is 3.17. The second-order valence-electron chi connectivity index (χ2n) is 6.52. The van der Waals surface area contributed by atoms with Crippen molar-refractivity contribution in [1.29, 1.82) is 5.26 Å². The second kappa shape index (κ2) is 7.36. The molecule has 3 aromatic rings. The molecule has 6 nitrogen and oxygen atoms in total. The number of hydrogen-bond donors (Lipinski definition) is 0. The van der Waals surface area contributed by atoms with Crippen LogP contribution >= 0.6 is 0 Å². The van der Waals surface area contributed by atoms with Crippen LogP contribution < -0.4 is 4.90 Å². The summed E-state index contributed by atoms with van der Waals surface area (Å²) in [7, 11) is 0. The lowest BCUT2D eigenvalue weighted by Gasteiger charge is -2.33. The van der Waals surface area contributed by atoms with Gasteiger partial charge in [-0.25, -0.2) is 9.97 Å². The molecule has 26 heavy (non-hydrogen) atoms. The first-order valence-electron chi connectivity index (χ1n) is 8.85. The van der Waals surface area contributed by atoms with Crippen LogP contribution in [-0.4, -0.2) is 32.6 Å². The van der Waals surface area contributed by atoms with Crippen LogP contribution in [0.5, 0.6) is 0 Å². The maximum atomic E-state index is 9.29. The summed E-state index contributed by atoms with van der Waals surface area (Å²) in [6.07, 6.45) is 11.4. The van der Waals surface area contributed by atoms with Gasteiger partial charge in [-0.05, 0) is 36.6 Å². The summed E-state index contributed by atoms with van der Waals surface area (Å²) < 4.78 is 2.22. The molecule has 0 unspecified atom stereocenters. The van der Waals surface area contributed by atoms with Gasteiger partial charge in [0.1, 0.15) is 17.7 Å². The Bertz CT molecular complexity index is 903.